The zero-order chi connectivity index (χ0) is 21.5. The van der Waals surface area contributed by atoms with E-state index in [-0.39, 0.29) is 17.6 Å². The Morgan fingerprint density at radius 1 is 1.10 bits per heavy atom. The average molecular weight is 428 g/mol. The van der Waals surface area contributed by atoms with E-state index >= 15 is 0 Å². The lowest BCUT2D eigenvalue weighted by molar-refractivity contribution is -0.274. The summed E-state index contributed by atoms with van der Waals surface area (Å²) in [5.74, 6) is 0.486. The molecule has 3 unspecified atom stereocenters. The molecule has 0 aliphatic carbocycles. The van der Waals surface area contributed by atoms with Crippen LogP contribution >= 0.6 is 0 Å². The first-order valence-corrected chi connectivity index (χ1v) is 9.68. The van der Waals surface area contributed by atoms with Crippen LogP contribution in [0.5, 0.6) is 5.75 Å². The highest BCUT2D eigenvalue weighted by Crippen LogP contribution is 2.37. The van der Waals surface area contributed by atoms with Crippen molar-refractivity contribution in [2.75, 3.05) is 26.2 Å². The molecule has 0 saturated carbocycles. The summed E-state index contributed by atoms with van der Waals surface area (Å²) >= 11 is 0. The van der Waals surface area contributed by atoms with Crippen molar-refractivity contribution in [2.45, 2.75) is 44.0 Å². The number of hydrogen-bond acceptors (Lipinski definition) is 8. The van der Waals surface area contributed by atoms with Crippen LogP contribution in [0.25, 0.3) is 0 Å². The second-order valence-electron chi connectivity index (χ2n) is 7.83. The molecule has 3 heterocycles. The van der Waals surface area contributed by atoms with E-state index in [2.05, 4.69) is 14.9 Å². The number of aliphatic hydroxyl groups excluding tert-OH is 2. The van der Waals surface area contributed by atoms with Crippen molar-refractivity contribution in [3.63, 3.8) is 0 Å². The quantitative estimate of drug-likeness (QED) is 0.745. The standard InChI is InChI=1S/C19H23F3N4O4/c1-11-23-17(30-24-11)14-6-13(7-25(8-14)18(28)26-9-15(27)10-26)12-2-4-16(5-3-12)29-19(20,21)22/h2-5,13-15,18,27-28H,6-10H2,1H3. The van der Waals surface area contributed by atoms with Crippen molar-refractivity contribution in [1.82, 2.24) is 19.9 Å². The molecular weight excluding hydrogens is 405 g/mol. The number of aryl methyl sites for hydroxylation is 1. The second-order valence-corrected chi connectivity index (χ2v) is 7.83. The molecule has 1 aromatic carbocycles. The van der Waals surface area contributed by atoms with E-state index in [4.69, 9.17) is 4.52 Å². The molecule has 0 spiro atoms. The Labute approximate surface area is 170 Å². The van der Waals surface area contributed by atoms with Gasteiger partial charge in [0.1, 0.15) is 5.75 Å². The molecule has 11 heteroatoms. The fourth-order valence-electron chi connectivity index (χ4n) is 4.07. The number of benzene rings is 1. The lowest BCUT2D eigenvalue weighted by Gasteiger charge is -2.47. The lowest BCUT2D eigenvalue weighted by Crippen LogP contribution is -2.62. The molecule has 0 bridgehead atoms. The van der Waals surface area contributed by atoms with Gasteiger partial charge in [-0.3, -0.25) is 9.80 Å². The number of nitrogens with zero attached hydrogens (tertiary/aromatic N) is 4. The summed E-state index contributed by atoms with van der Waals surface area (Å²) in [7, 11) is 0. The van der Waals surface area contributed by atoms with Crippen molar-refractivity contribution in [3.05, 3.63) is 41.5 Å². The van der Waals surface area contributed by atoms with E-state index in [9.17, 15) is 23.4 Å². The maximum absolute atomic E-state index is 12.4. The monoisotopic (exact) mass is 428 g/mol. The molecule has 2 N–H and O–H groups in total. The summed E-state index contributed by atoms with van der Waals surface area (Å²) in [5.41, 5.74) is 0.825. The van der Waals surface area contributed by atoms with Crippen LogP contribution in [0.1, 0.15) is 35.5 Å². The molecule has 4 rings (SSSR count). The van der Waals surface area contributed by atoms with Gasteiger partial charge >= 0.3 is 6.36 Å². The third-order valence-corrected chi connectivity index (χ3v) is 5.50. The van der Waals surface area contributed by atoms with E-state index in [1.165, 1.54) is 12.1 Å². The van der Waals surface area contributed by atoms with Crippen LogP contribution in [-0.2, 0) is 0 Å². The van der Waals surface area contributed by atoms with E-state index in [0.29, 0.717) is 44.3 Å². The molecule has 8 nitrogen and oxygen atoms in total. The molecule has 30 heavy (non-hydrogen) atoms. The number of halogens is 3. The minimum atomic E-state index is -4.74. The van der Waals surface area contributed by atoms with E-state index in [1.807, 2.05) is 4.90 Å². The van der Waals surface area contributed by atoms with Crippen molar-refractivity contribution in [1.29, 1.82) is 0 Å². The first-order valence-electron chi connectivity index (χ1n) is 9.68. The van der Waals surface area contributed by atoms with Gasteiger partial charge in [0.15, 0.2) is 12.2 Å². The number of aromatic nitrogens is 2. The van der Waals surface area contributed by atoms with Gasteiger partial charge in [0.25, 0.3) is 0 Å². The molecular formula is C19H23F3N4O4. The molecule has 2 saturated heterocycles. The SMILES string of the molecule is Cc1noc(C2CC(c3ccc(OC(F)(F)F)cc3)CN(C(O)N3CC(O)C3)C2)n1. The van der Waals surface area contributed by atoms with Crippen LogP contribution in [0.2, 0.25) is 0 Å². The minimum Gasteiger partial charge on any atom is -0.406 e. The molecule has 2 aromatic rings. The van der Waals surface area contributed by atoms with Gasteiger partial charge in [-0.25, -0.2) is 0 Å². The second kappa shape index (κ2) is 8.14. The van der Waals surface area contributed by atoms with Crippen molar-refractivity contribution >= 4 is 0 Å². The zero-order valence-electron chi connectivity index (χ0n) is 16.3. The Balaban J connectivity index is 1.53. The number of rotatable bonds is 5. The zero-order valence-corrected chi connectivity index (χ0v) is 16.3. The van der Waals surface area contributed by atoms with Gasteiger partial charge in [0.2, 0.25) is 5.89 Å². The van der Waals surface area contributed by atoms with E-state index < -0.39 is 18.8 Å². The van der Waals surface area contributed by atoms with Crippen LogP contribution in [0.3, 0.4) is 0 Å². The molecule has 2 aliphatic heterocycles. The first kappa shape index (κ1) is 21.0. The predicted octanol–water partition coefficient (Wildman–Crippen LogP) is 1.80. The Morgan fingerprint density at radius 3 is 2.30 bits per heavy atom. The van der Waals surface area contributed by atoms with Gasteiger partial charge in [0, 0.05) is 26.2 Å². The molecule has 3 atom stereocenters. The normalized spacial score (nSPS) is 25.1. The third kappa shape index (κ3) is 4.75. The van der Waals surface area contributed by atoms with Crippen molar-refractivity contribution in [2.24, 2.45) is 0 Å². The van der Waals surface area contributed by atoms with Gasteiger partial charge in [0.05, 0.1) is 12.0 Å². The van der Waals surface area contributed by atoms with Gasteiger partial charge in [-0.05, 0) is 37.0 Å². The number of likely N-dealkylation sites (tertiary alicyclic amines) is 2. The summed E-state index contributed by atoms with van der Waals surface area (Å²) in [5, 5.41) is 24.1. The van der Waals surface area contributed by atoms with Crippen molar-refractivity contribution < 1.29 is 32.6 Å². The summed E-state index contributed by atoms with van der Waals surface area (Å²) in [4.78, 5) is 7.94. The fraction of sp³-hybridized carbons (Fsp3) is 0.579. The van der Waals surface area contributed by atoms with Gasteiger partial charge in [-0.1, -0.05) is 17.3 Å². The Kier molecular flexibility index (Phi) is 5.71. The number of alkyl halides is 3. The highest BCUT2D eigenvalue weighted by Gasteiger charge is 2.39. The maximum atomic E-state index is 12.4. The molecule has 164 valence electrons. The van der Waals surface area contributed by atoms with Crippen LogP contribution in [0, 0.1) is 6.92 Å². The Hall–Kier alpha value is -2.21. The van der Waals surface area contributed by atoms with Crippen LogP contribution in [-0.4, -0.2) is 75.2 Å². The predicted molar refractivity (Wildman–Crippen MR) is 97.4 cm³/mol. The minimum absolute atomic E-state index is 0.0725. The molecule has 0 radical (unpaired) electrons. The third-order valence-electron chi connectivity index (χ3n) is 5.50. The summed E-state index contributed by atoms with van der Waals surface area (Å²) in [6.45, 7) is 3.48. The Morgan fingerprint density at radius 2 is 1.73 bits per heavy atom. The van der Waals surface area contributed by atoms with Gasteiger partial charge in [-0.2, -0.15) is 4.98 Å². The maximum Gasteiger partial charge on any atom is 0.573 e. The molecule has 0 amide bonds. The topological polar surface area (TPSA) is 95.1 Å². The van der Waals surface area contributed by atoms with E-state index in [1.54, 1.807) is 24.0 Å². The van der Waals surface area contributed by atoms with Crippen LogP contribution in [0.15, 0.2) is 28.8 Å². The lowest BCUT2D eigenvalue weighted by atomic mass is 9.84. The molecule has 2 fully saturated rings. The number of β-amino-alcohol motifs (C(OH)–C–C–N with tert-alkyl or cyclic N) is 1. The first-order chi connectivity index (χ1) is 14.2. The number of ether oxygens (including phenoxy) is 1. The summed E-state index contributed by atoms with van der Waals surface area (Å²) < 4.78 is 46.5. The smallest absolute Gasteiger partial charge is 0.406 e. The summed E-state index contributed by atoms with van der Waals surface area (Å²) in [6.07, 6.45) is -5.42. The number of hydrogen-bond donors (Lipinski definition) is 2. The van der Waals surface area contributed by atoms with Gasteiger partial charge < -0.3 is 19.5 Å². The summed E-state index contributed by atoms with van der Waals surface area (Å²) in [6, 6.07) is 5.78. The largest absolute Gasteiger partial charge is 0.573 e. The van der Waals surface area contributed by atoms with E-state index in [0.717, 1.165) is 5.56 Å². The highest BCUT2D eigenvalue weighted by molar-refractivity contribution is 5.30. The average Bonchev–Trinajstić information content (AvgIpc) is 3.10. The number of aliphatic hydroxyl groups is 2. The molecule has 1 aromatic heterocycles. The fourth-order valence-corrected chi connectivity index (χ4v) is 4.07. The van der Waals surface area contributed by atoms with Crippen molar-refractivity contribution in [3.8, 4) is 5.75 Å². The molecule has 2 aliphatic rings. The highest BCUT2D eigenvalue weighted by atomic mass is 19.4. The van der Waals surface area contributed by atoms with Crippen LogP contribution < -0.4 is 4.74 Å². The van der Waals surface area contributed by atoms with Gasteiger partial charge in [-0.15, -0.1) is 13.2 Å². The Bertz CT molecular complexity index is 854. The van der Waals surface area contributed by atoms with Crippen LogP contribution in [0.4, 0.5) is 13.2 Å². The number of piperidine rings is 1.